The summed E-state index contributed by atoms with van der Waals surface area (Å²) >= 11 is 0. The number of aryl methyl sites for hydroxylation is 2. The van der Waals surface area contributed by atoms with Crippen LogP contribution in [0.15, 0.2) is 101 Å². The van der Waals surface area contributed by atoms with Gasteiger partial charge in [-0.1, -0.05) is 0 Å². The van der Waals surface area contributed by atoms with Crippen LogP contribution in [0.5, 0.6) is 23.1 Å². The van der Waals surface area contributed by atoms with Crippen molar-refractivity contribution in [3.63, 3.8) is 0 Å². The summed E-state index contributed by atoms with van der Waals surface area (Å²) in [7, 11) is 1.50. The lowest BCUT2D eigenvalue weighted by Gasteiger charge is -2.16. The van der Waals surface area contributed by atoms with Crippen molar-refractivity contribution < 1.29 is 46.2 Å². The van der Waals surface area contributed by atoms with E-state index < -0.39 is 39.9 Å². The number of aromatic amines is 1. The lowest BCUT2D eigenvalue weighted by atomic mass is 9.91. The second-order valence-corrected chi connectivity index (χ2v) is 11.7. The molecule has 0 unspecified atom stereocenters. The number of nitro benzene ring substituents is 1. The van der Waals surface area contributed by atoms with Crippen molar-refractivity contribution in [2.24, 2.45) is 4.99 Å². The van der Waals surface area contributed by atoms with E-state index in [1.165, 1.54) is 43.5 Å². The molecule has 6 rings (SSSR count). The smallest absolute Gasteiger partial charge is 0.344 e. The summed E-state index contributed by atoms with van der Waals surface area (Å²) in [5.74, 6) is -5.68. The topological polar surface area (TPSA) is 130 Å². The van der Waals surface area contributed by atoms with Crippen LogP contribution in [0.2, 0.25) is 0 Å². The highest BCUT2D eigenvalue weighted by molar-refractivity contribution is 6.03. The summed E-state index contributed by atoms with van der Waals surface area (Å²) in [5, 5.41) is 11.1. The lowest BCUT2D eigenvalue weighted by Crippen LogP contribution is -2.08. The third kappa shape index (κ3) is 7.67. The Morgan fingerprint density at radius 2 is 1.50 bits per heavy atom. The number of aromatic nitrogens is 1. The number of halogens is 4. The molecule has 1 aliphatic heterocycles. The molecular formula is C39H26F4N4O7. The molecule has 2 heterocycles. The van der Waals surface area contributed by atoms with Crippen LogP contribution >= 0.6 is 0 Å². The second kappa shape index (κ2) is 15.2. The molecular weight excluding hydrogens is 712 g/mol. The van der Waals surface area contributed by atoms with E-state index >= 15 is 0 Å². The van der Waals surface area contributed by atoms with Crippen LogP contribution in [0.1, 0.15) is 38.3 Å². The number of rotatable bonds is 10. The standard InChI is InChI=1S/C39H26F4N4O7/c1-20-13-26(51-4)14-21(2)35(20)36(31-18-32(44-3)38(46-31)54-34-12-8-24(41)16-29(34)43)30-17-27(37(45-30)53-33-11-7-23(40)15-28(33)42)39(48)52-19-22-5-9-25(10-6-22)47(49)50/h5-18,45H,19H2,1-2,4H3. The Labute approximate surface area is 304 Å². The van der Waals surface area contributed by atoms with Gasteiger partial charge in [0.2, 0.25) is 17.5 Å². The van der Waals surface area contributed by atoms with Crippen LogP contribution < -0.4 is 14.2 Å². The maximum atomic E-state index is 14.9. The zero-order valence-electron chi connectivity index (χ0n) is 28.5. The van der Waals surface area contributed by atoms with Gasteiger partial charge in [0, 0.05) is 29.8 Å². The fraction of sp³-hybridized carbons (Fsp3) is 0.103. The van der Waals surface area contributed by atoms with Crippen LogP contribution in [0, 0.1) is 53.8 Å². The van der Waals surface area contributed by atoms with E-state index in [0.717, 1.165) is 24.3 Å². The molecule has 0 saturated carbocycles. The van der Waals surface area contributed by atoms with Crippen LogP contribution in [0.3, 0.4) is 0 Å². The molecule has 272 valence electrons. The minimum atomic E-state index is -1.07. The molecule has 0 spiro atoms. The zero-order chi connectivity index (χ0) is 38.7. The number of hydrogen-bond donors (Lipinski definition) is 1. The molecule has 5 aromatic rings. The number of esters is 1. The molecule has 0 radical (unpaired) electrons. The van der Waals surface area contributed by atoms with Crippen molar-refractivity contribution in [3.8, 4) is 23.1 Å². The molecule has 1 aromatic heterocycles. The Kier molecular flexibility index (Phi) is 10.3. The minimum Gasteiger partial charge on any atom is -0.497 e. The largest absolute Gasteiger partial charge is 0.497 e. The van der Waals surface area contributed by atoms with Crippen LogP contribution in [0.25, 0.3) is 10.4 Å². The van der Waals surface area contributed by atoms with E-state index in [4.69, 9.17) is 25.5 Å². The van der Waals surface area contributed by atoms with E-state index in [2.05, 4.69) is 14.8 Å². The van der Waals surface area contributed by atoms with E-state index in [0.29, 0.717) is 40.1 Å². The van der Waals surface area contributed by atoms with Crippen molar-refractivity contribution in [1.82, 2.24) is 4.98 Å². The molecule has 0 bridgehead atoms. The van der Waals surface area contributed by atoms with Gasteiger partial charge in [-0.2, -0.15) is 0 Å². The highest BCUT2D eigenvalue weighted by Crippen LogP contribution is 2.40. The molecule has 0 fully saturated rings. The van der Waals surface area contributed by atoms with Crippen molar-refractivity contribution >= 4 is 23.1 Å². The van der Waals surface area contributed by atoms with Gasteiger partial charge in [0.1, 0.15) is 29.6 Å². The number of H-pyrrole nitrogens is 1. The maximum absolute atomic E-state index is 14.9. The number of allylic oxidation sites excluding steroid dienone is 1. The molecule has 0 aliphatic carbocycles. The zero-order valence-corrected chi connectivity index (χ0v) is 28.5. The number of nitrogens with one attached hydrogen (secondary N) is 1. The van der Waals surface area contributed by atoms with Crippen molar-refractivity contribution in [1.29, 1.82) is 0 Å². The van der Waals surface area contributed by atoms with Crippen molar-refractivity contribution in [3.05, 3.63) is 175 Å². The Balaban J connectivity index is 1.51. The summed E-state index contributed by atoms with van der Waals surface area (Å²) in [5.41, 5.74) is 2.31. The summed E-state index contributed by atoms with van der Waals surface area (Å²) in [6, 6.07) is 15.4. The summed E-state index contributed by atoms with van der Waals surface area (Å²) < 4.78 is 79.2. The summed E-state index contributed by atoms with van der Waals surface area (Å²) in [6.45, 7) is 11.0. The molecule has 1 aliphatic rings. The van der Waals surface area contributed by atoms with Gasteiger partial charge in [-0.3, -0.25) is 10.1 Å². The number of carbonyl (C=O) groups excluding carboxylic acids is 1. The van der Waals surface area contributed by atoms with E-state index in [1.807, 2.05) is 0 Å². The molecule has 0 amide bonds. The second-order valence-electron chi connectivity index (χ2n) is 11.7. The first-order valence-corrected chi connectivity index (χ1v) is 15.8. The Bertz CT molecular complexity index is 2440. The summed E-state index contributed by atoms with van der Waals surface area (Å²) in [6.07, 6.45) is 1.37. The van der Waals surface area contributed by atoms with Crippen LogP contribution in [-0.2, 0) is 11.3 Å². The number of benzene rings is 4. The van der Waals surface area contributed by atoms with Crippen LogP contribution in [0.4, 0.5) is 23.2 Å². The molecule has 4 aromatic carbocycles. The van der Waals surface area contributed by atoms with E-state index in [9.17, 15) is 32.5 Å². The van der Waals surface area contributed by atoms with Gasteiger partial charge in [-0.15, -0.1) is 0 Å². The van der Waals surface area contributed by atoms with Gasteiger partial charge in [0.15, 0.2) is 23.1 Å². The normalized spacial score (nSPS) is 13.1. The minimum absolute atomic E-state index is 0.112. The number of non-ortho nitro benzene ring substituents is 1. The van der Waals surface area contributed by atoms with Gasteiger partial charge in [-0.25, -0.2) is 32.2 Å². The number of carbonyl (C=O) groups is 1. The first-order chi connectivity index (χ1) is 25.8. The highest BCUT2D eigenvalue weighted by Gasteiger charge is 2.29. The highest BCUT2D eigenvalue weighted by atomic mass is 19.1. The van der Waals surface area contributed by atoms with Gasteiger partial charge < -0.3 is 23.9 Å². The maximum Gasteiger partial charge on any atom is 0.344 e. The Hall–Kier alpha value is -7.21. The number of aliphatic imine (C=N–C) groups is 1. The Morgan fingerprint density at radius 1 is 0.889 bits per heavy atom. The number of ether oxygens (including phenoxy) is 4. The molecule has 54 heavy (non-hydrogen) atoms. The monoisotopic (exact) mass is 738 g/mol. The third-order valence-electron chi connectivity index (χ3n) is 8.08. The first kappa shape index (κ1) is 36.6. The average molecular weight is 739 g/mol. The third-order valence-corrected chi connectivity index (χ3v) is 8.08. The first-order valence-electron chi connectivity index (χ1n) is 15.8. The van der Waals surface area contributed by atoms with Gasteiger partial charge in [0.25, 0.3) is 5.69 Å². The fourth-order valence-electron chi connectivity index (χ4n) is 5.58. The van der Waals surface area contributed by atoms with Gasteiger partial charge >= 0.3 is 5.97 Å². The van der Waals surface area contributed by atoms with Gasteiger partial charge in [0.05, 0.1) is 30.0 Å². The van der Waals surface area contributed by atoms with E-state index in [1.54, 1.807) is 26.0 Å². The molecule has 0 atom stereocenters. The summed E-state index contributed by atoms with van der Waals surface area (Å²) in [4.78, 5) is 35.2. The molecule has 15 heteroatoms. The quantitative estimate of drug-likeness (QED) is 0.0497. The molecule has 11 nitrogen and oxygen atoms in total. The number of methoxy groups -OCH3 is 1. The van der Waals surface area contributed by atoms with E-state index in [-0.39, 0.29) is 58.0 Å². The number of nitro groups is 1. The molecule has 1 N–H and O–H groups in total. The van der Waals surface area contributed by atoms with Crippen molar-refractivity contribution in [2.45, 2.75) is 20.5 Å². The predicted octanol–water partition coefficient (Wildman–Crippen LogP) is 9.31. The lowest BCUT2D eigenvalue weighted by molar-refractivity contribution is -0.384. The van der Waals surface area contributed by atoms with Crippen LogP contribution in [-0.4, -0.2) is 28.9 Å². The number of hydrogen-bond acceptors (Lipinski definition) is 8. The fourth-order valence-corrected chi connectivity index (χ4v) is 5.58. The predicted molar refractivity (Wildman–Crippen MR) is 187 cm³/mol. The molecule has 0 saturated heterocycles. The Morgan fingerprint density at radius 3 is 2.06 bits per heavy atom. The van der Waals surface area contributed by atoms with Gasteiger partial charge in [-0.05, 0) is 96.8 Å². The average Bonchev–Trinajstić information content (AvgIpc) is 3.75. The number of nitrogens with zero attached hydrogens (tertiary/aromatic N) is 3. The SMILES string of the molecule is [C-]#[N+]C1=CC(=C(c2cc(C(=O)OCc3ccc([N+](=O)[O-])cc3)c(Oc3ccc(F)cc3F)[nH]2)c2c(C)cc(OC)cc2C)N=C1Oc1ccc(F)cc1F. The van der Waals surface area contributed by atoms with Crippen molar-refractivity contribution in [2.75, 3.05) is 7.11 Å².